The van der Waals surface area contributed by atoms with Gasteiger partial charge < -0.3 is 10.2 Å². The number of rotatable bonds is 6. The SMILES string of the molecule is CCN(C(=O)CSc1nnc(NC(C)(C)C)s1)C1=CCCC1. The molecule has 0 saturated carbocycles. The summed E-state index contributed by atoms with van der Waals surface area (Å²) < 4.78 is 0.830. The Morgan fingerprint density at radius 3 is 2.82 bits per heavy atom. The van der Waals surface area contributed by atoms with Crippen LogP contribution in [0.25, 0.3) is 0 Å². The van der Waals surface area contributed by atoms with Gasteiger partial charge >= 0.3 is 0 Å². The first-order valence-electron chi connectivity index (χ1n) is 7.63. The molecule has 22 heavy (non-hydrogen) atoms. The van der Waals surface area contributed by atoms with Crippen LogP contribution in [0.15, 0.2) is 16.1 Å². The molecule has 0 atom stereocenters. The molecule has 0 radical (unpaired) electrons. The molecular weight excluding hydrogens is 316 g/mol. The molecular formula is C15H24N4OS2. The average Bonchev–Trinajstić information content (AvgIpc) is 3.07. The molecule has 1 amide bonds. The molecule has 0 spiro atoms. The van der Waals surface area contributed by atoms with Gasteiger partial charge in [-0.3, -0.25) is 4.79 Å². The first-order chi connectivity index (χ1) is 10.4. The maximum absolute atomic E-state index is 12.4. The van der Waals surface area contributed by atoms with Gasteiger partial charge in [-0.15, -0.1) is 10.2 Å². The van der Waals surface area contributed by atoms with Crippen molar-refractivity contribution in [3.63, 3.8) is 0 Å². The van der Waals surface area contributed by atoms with Crippen LogP contribution in [0.3, 0.4) is 0 Å². The highest BCUT2D eigenvalue weighted by Crippen LogP contribution is 2.28. The third kappa shape index (κ3) is 4.98. The minimum Gasteiger partial charge on any atom is -0.355 e. The van der Waals surface area contributed by atoms with E-state index in [1.807, 2.05) is 11.8 Å². The molecule has 1 aliphatic rings. The third-order valence-corrected chi connectivity index (χ3v) is 5.15. The number of carbonyl (C=O) groups excluding carboxylic acids is 1. The second kappa shape index (κ2) is 7.46. The molecule has 7 heteroatoms. The fourth-order valence-electron chi connectivity index (χ4n) is 2.28. The zero-order valence-corrected chi connectivity index (χ0v) is 15.3. The Balaban J connectivity index is 1.88. The van der Waals surface area contributed by atoms with Gasteiger partial charge in [0.1, 0.15) is 0 Å². The average molecular weight is 341 g/mol. The van der Waals surface area contributed by atoms with Gasteiger partial charge in [0.25, 0.3) is 0 Å². The van der Waals surface area contributed by atoms with E-state index in [0.29, 0.717) is 5.75 Å². The molecule has 1 aromatic heterocycles. The second-order valence-corrected chi connectivity index (χ2v) is 8.46. The normalized spacial score (nSPS) is 14.8. The number of hydrogen-bond acceptors (Lipinski definition) is 6. The summed E-state index contributed by atoms with van der Waals surface area (Å²) >= 11 is 2.96. The van der Waals surface area contributed by atoms with Gasteiger partial charge in [-0.1, -0.05) is 29.2 Å². The number of allylic oxidation sites excluding steroid dienone is 2. The summed E-state index contributed by atoms with van der Waals surface area (Å²) in [5.74, 6) is 0.566. The summed E-state index contributed by atoms with van der Waals surface area (Å²) in [6.07, 6.45) is 5.44. The van der Waals surface area contributed by atoms with E-state index in [1.165, 1.54) is 28.8 Å². The molecule has 1 heterocycles. The van der Waals surface area contributed by atoms with Crippen molar-refractivity contribution >= 4 is 34.1 Å². The molecule has 0 aliphatic heterocycles. The predicted octanol–water partition coefficient (Wildman–Crippen LogP) is 3.76. The summed E-state index contributed by atoms with van der Waals surface area (Å²) in [6.45, 7) is 9.01. The van der Waals surface area contributed by atoms with Crippen LogP contribution >= 0.6 is 23.1 Å². The number of nitrogens with one attached hydrogen (secondary N) is 1. The molecule has 5 nitrogen and oxygen atoms in total. The second-order valence-electron chi connectivity index (χ2n) is 6.26. The van der Waals surface area contributed by atoms with Gasteiger partial charge in [0, 0.05) is 17.8 Å². The Bertz CT molecular complexity index is 548. The smallest absolute Gasteiger partial charge is 0.237 e. The molecule has 1 N–H and O–H groups in total. The van der Waals surface area contributed by atoms with E-state index in [2.05, 4.69) is 42.4 Å². The van der Waals surface area contributed by atoms with Crippen molar-refractivity contribution < 1.29 is 4.79 Å². The third-order valence-electron chi connectivity index (χ3n) is 3.19. The predicted molar refractivity (Wildman–Crippen MR) is 93.3 cm³/mol. The minimum atomic E-state index is -0.0365. The van der Waals surface area contributed by atoms with Crippen LogP contribution in [-0.2, 0) is 4.79 Å². The van der Waals surface area contributed by atoms with E-state index >= 15 is 0 Å². The fraction of sp³-hybridized carbons (Fsp3) is 0.667. The number of amides is 1. The van der Waals surface area contributed by atoms with Crippen LogP contribution in [0.5, 0.6) is 0 Å². The van der Waals surface area contributed by atoms with E-state index in [4.69, 9.17) is 0 Å². The minimum absolute atomic E-state index is 0.0365. The molecule has 0 fully saturated rings. The number of anilines is 1. The van der Waals surface area contributed by atoms with Crippen molar-refractivity contribution in [3.8, 4) is 0 Å². The van der Waals surface area contributed by atoms with Gasteiger partial charge in [-0.2, -0.15) is 0 Å². The Morgan fingerprint density at radius 1 is 1.45 bits per heavy atom. The summed E-state index contributed by atoms with van der Waals surface area (Å²) in [5, 5.41) is 12.4. The zero-order valence-electron chi connectivity index (χ0n) is 13.7. The first kappa shape index (κ1) is 17.3. The first-order valence-corrected chi connectivity index (χ1v) is 9.43. The summed E-state index contributed by atoms with van der Waals surface area (Å²) in [4.78, 5) is 14.3. The standard InChI is InChI=1S/C15H24N4OS2/c1-5-19(11-8-6-7-9-11)12(20)10-21-14-18-17-13(22-14)16-15(2,3)4/h8H,5-7,9-10H2,1-4H3,(H,16,17). The maximum atomic E-state index is 12.4. The Kier molecular flexibility index (Phi) is 5.86. The van der Waals surface area contributed by atoms with Crippen molar-refractivity contribution in [2.45, 2.75) is 56.8 Å². The largest absolute Gasteiger partial charge is 0.355 e. The van der Waals surface area contributed by atoms with Gasteiger partial charge in [-0.25, -0.2) is 0 Å². The lowest BCUT2D eigenvalue weighted by molar-refractivity contribution is -0.126. The Morgan fingerprint density at radius 2 is 2.23 bits per heavy atom. The molecule has 2 rings (SSSR count). The fourth-order valence-corrected chi connectivity index (χ4v) is 4.12. The monoisotopic (exact) mass is 340 g/mol. The van der Waals surface area contributed by atoms with Crippen LogP contribution in [0.4, 0.5) is 5.13 Å². The number of carbonyl (C=O) groups is 1. The highest BCUT2D eigenvalue weighted by Gasteiger charge is 2.19. The van der Waals surface area contributed by atoms with E-state index in [9.17, 15) is 4.79 Å². The van der Waals surface area contributed by atoms with Crippen molar-refractivity contribution in [2.24, 2.45) is 0 Å². The highest BCUT2D eigenvalue weighted by molar-refractivity contribution is 8.01. The van der Waals surface area contributed by atoms with E-state index in [0.717, 1.165) is 35.3 Å². The zero-order chi connectivity index (χ0) is 16.2. The topological polar surface area (TPSA) is 58.1 Å². The molecule has 122 valence electrons. The number of nitrogens with zero attached hydrogens (tertiary/aromatic N) is 3. The highest BCUT2D eigenvalue weighted by atomic mass is 32.2. The van der Waals surface area contributed by atoms with Gasteiger partial charge in [0.2, 0.25) is 11.0 Å². The molecule has 0 saturated heterocycles. The van der Waals surface area contributed by atoms with E-state index < -0.39 is 0 Å². The molecule has 0 unspecified atom stereocenters. The van der Waals surface area contributed by atoms with E-state index in [1.54, 1.807) is 0 Å². The molecule has 0 bridgehead atoms. The van der Waals surface area contributed by atoms with Crippen LogP contribution < -0.4 is 5.32 Å². The van der Waals surface area contributed by atoms with E-state index in [-0.39, 0.29) is 11.4 Å². The lowest BCUT2D eigenvalue weighted by Gasteiger charge is -2.21. The number of hydrogen-bond donors (Lipinski definition) is 1. The van der Waals surface area contributed by atoms with Gasteiger partial charge in [0.05, 0.1) is 5.75 Å². The Labute approximate surface area is 140 Å². The van der Waals surface area contributed by atoms with Crippen molar-refractivity contribution in [2.75, 3.05) is 17.6 Å². The van der Waals surface area contributed by atoms with Gasteiger partial charge in [-0.05, 0) is 47.0 Å². The van der Waals surface area contributed by atoms with Crippen LogP contribution in [0.1, 0.15) is 47.0 Å². The lowest BCUT2D eigenvalue weighted by atomic mass is 10.1. The number of aromatic nitrogens is 2. The Hall–Kier alpha value is -1.08. The van der Waals surface area contributed by atoms with Crippen molar-refractivity contribution in [1.29, 1.82) is 0 Å². The summed E-state index contributed by atoms with van der Waals surface area (Å²) in [7, 11) is 0. The molecule has 1 aliphatic carbocycles. The maximum Gasteiger partial charge on any atom is 0.237 e. The quantitative estimate of drug-likeness (QED) is 0.799. The summed E-state index contributed by atoms with van der Waals surface area (Å²) in [6, 6.07) is 0. The van der Waals surface area contributed by atoms with Crippen LogP contribution in [-0.4, -0.2) is 38.8 Å². The van der Waals surface area contributed by atoms with Crippen LogP contribution in [0, 0.1) is 0 Å². The molecule has 0 aromatic carbocycles. The van der Waals surface area contributed by atoms with Crippen molar-refractivity contribution in [3.05, 3.63) is 11.8 Å². The lowest BCUT2D eigenvalue weighted by Crippen LogP contribution is -2.31. The summed E-state index contributed by atoms with van der Waals surface area (Å²) in [5.41, 5.74) is 1.14. The number of thioether (sulfide) groups is 1. The van der Waals surface area contributed by atoms with Gasteiger partial charge in [0.15, 0.2) is 4.34 Å². The van der Waals surface area contributed by atoms with Crippen LogP contribution in [0.2, 0.25) is 0 Å². The van der Waals surface area contributed by atoms with Crippen molar-refractivity contribution in [1.82, 2.24) is 15.1 Å². The molecule has 1 aromatic rings.